The molecule has 0 fully saturated rings. The van der Waals surface area contributed by atoms with E-state index >= 15 is 0 Å². The zero-order valence-electron chi connectivity index (χ0n) is 4.94. The average Bonchev–Trinajstić information content (AvgIpc) is 1.39. The second-order valence-corrected chi connectivity index (χ2v) is 0.577. The van der Waals surface area contributed by atoms with Crippen LogP contribution in [0.5, 0.6) is 0 Å². The Morgan fingerprint density at radius 2 is 1.00 bits per heavy atom. The molecule has 0 heterocycles. The fourth-order valence-corrected chi connectivity index (χ4v) is 0. The van der Waals surface area contributed by atoms with Crippen molar-refractivity contribution >= 4 is 0 Å². The molecule has 0 aliphatic heterocycles. The molecule has 0 spiro atoms. The van der Waals surface area contributed by atoms with Crippen molar-refractivity contribution in [3.05, 3.63) is 0 Å². The van der Waals surface area contributed by atoms with Crippen LogP contribution in [-0.4, -0.2) is 13.2 Å². The van der Waals surface area contributed by atoms with Gasteiger partial charge in [-0.1, -0.05) is 13.8 Å². The van der Waals surface area contributed by atoms with Gasteiger partial charge in [-0.15, -0.1) is 13.2 Å². The first-order valence-electron chi connectivity index (χ1n) is 1.99. The van der Waals surface area contributed by atoms with Crippen LogP contribution in [0.15, 0.2) is 0 Å². The Morgan fingerprint density at radius 1 is 1.00 bits per heavy atom. The van der Waals surface area contributed by atoms with Crippen LogP contribution in [0.1, 0.15) is 13.8 Å². The van der Waals surface area contributed by atoms with Crippen LogP contribution in [0.25, 0.3) is 0 Å². The molecule has 7 heavy (non-hydrogen) atoms. The van der Waals surface area contributed by atoms with E-state index in [4.69, 9.17) is 10.2 Å². The smallest absolute Gasteiger partial charge is 0.855 e. The van der Waals surface area contributed by atoms with Crippen LogP contribution in [0.3, 0.4) is 0 Å². The maximum Gasteiger partial charge on any atom is 2.00 e. The molecule has 0 aliphatic carbocycles. The summed E-state index contributed by atoms with van der Waals surface area (Å²) in [7, 11) is 0. The molecule has 0 unspecified atom stereocenters. The molecule has 0 saturated carbocycles. The van der Waals surface area contributed by atoms with Crippen LogP contribution in [-0.2, 0) is 27.3 Å². The average molecular weight is 203 g/mol. The van der Waals surface area contributed by atoms with Gasteiger partial charge in [-0.2, -0.15) is 0 Å². The van der Waals surface area contributed by atoms with Gasteiger partial charge in [0.2, 0.25) is 0 Å². The molecule has 0 radical (unpaired) electrons. The molecule has 0 aromatic rings. The molecular formula is C4H10CdO2. The Balaban J connectivity index is -0.0000000400. The van der Waals surface area contributed by atoms with E-state index in [1.807, 2.05) is 0 Å². The fourth-order valence-electron chi connectivity index (χ4n) is 0. The SMILES string of the molecule is CC[O-].CC[O-].[Cd+2]. The van der Waals surface area contributed by atoms with E-state index in [1.54, 1.807) is 13.8 Å². The van der Waals surface area contributed by atoms with E-state index in [0.29, 0.717) is 0 Å². The quantitative estimate of drug-likeness (QED) is 0.460. The minimum atomic E-state index is 0. The van der Waals surface area contributed by atoms with Gasteiger partial charge >= 0.3 is 27.3 Å². The summed E-state index contributed by atoms with van der Waals surface area (Å²) < 4.78 is 0. The van der Waals surface area contributed by atoms with Crippen LogP contribution in [0.2, 0.25) is 0 Å². The van der Waals surface area contributed by atoms with Crippen molar-refractivity contribution in [1.29, 1.82) is 0 Å². The Labute approximate surface area is 64.7 Å². The van der Waals surface area contributed by atoms with E-state index in [2.05, 4.69) is 0 Å². The summed E-state index contributed by atoms with van der Waals surface area (Å²) in [5.74, 6) is 0. The molecule has 0 amide bonds. The predicted molar refractivity (Wildman–Crippen MR) is 21.1 cm³/mol. The summed E-state index contributed by atoms with van der Waals surface area (Å²) in [5, 5.41) is 17.9. The zero-order chi connectivity index (χ0) is 5.41. The van der Waals surface area contributed by atoms with Gasteiger partial charge in [0.1, 0.15) is 0 Å². The molecule has 0 bridgehead atoms. The van der Waals surface area contributed by atoms with Gasteiger partial charge in [0, 0.05) is 0 Å². The molecule has 0 aromatic carbocycles. The van der Waals surface area contributed by atoms with Crippen LogP contribution < -0.4 is 10.2 Å². The Hall–Kier alpha value is 0.842. The van der Waals surface area contributed by atoms with Crippen molar-refractivity contribution in [3.63, 3.8) is 0 Å². The molecule has 0 aliphatic rings. The van der Waals surface area contributed by atoms with E-state index in [1.165, 1.54) is 0 Å². The van der Waals surface area contributed by atoms with Gasteiger partial charge in [0.15, 0.2) is 0 Å². The normalized spacial score (nSPS) is 5.14. The zero-order valence-corrected chi connectivity index (χ0v) is 8.97. The molecule has 3 heteroatoms. The Morgan fingerprint density at radius 3 is 1.00 bits per heavy atom. The Bertz CT molecular complexity index is 11.7. The summed E-state index contributed by atoms with van der Waals surface area (Å²) in [6.07, 6.45) is 0. The minimum absolute atomic E-state index is 0. The predicted octanol–water partition coefficient (Wildman–Crippen LogP) is -1.27. The third-order valence-corrected chi connectivity index (χ3v) is 0. The van der Waals surface area contributed by atoms with Gasteiger partial charge in [-0.25, -0.2) is 0 Å². The first kappa shape index (κ1) is 15.7. The van der Waals surface area contributed by atoms with Crippen molar-refractivity contribution in [2.45, 2.75) is 13.8 Å². The monoisotopic (exact) mass is 204 g/mol. The first-order valence-corrected chi connectivity index (χ1v) is 1.99. The van der Waals surface area contributed by atoms with Crippen LogP contribution in [0, 0.1) is 0 Å². The van der Waals surface area contributed by atoms with Gasteiger partial charge in [0.25, 0.3) is 0 Å². The van der Waals surface area contributed by atoms with Crippen molar-refractivity contribution in [3.8, 4) is 0 Å². The van der Waals surface area contributed by atoms with Crippen molar-refractivity contribution < 1.29 is 37.5 Å². The van der Waals surface area contributed by atoms with Gasteiger partial charge < -0.3 is 10.2 Å². The second kappa shape index (κ2) is 28.9. The molecule has 40 valence electrons. The van der Waals surface area contributed by atoms with Crippen LogP contribution in [0.4, 0.5) is 0 Å². The van der Waals surface area contributed by atoms with Crippen LogP contribution >= 0.6 is 0 Å². The summed E-state index contributed by atoms with van der Waals surface area (Å²) in [6.45, 7) is 3.14. The topological polar surface area (TPSA) is 46.1 Å². The molecule has 0 atom stereocenters. The maximum atomic E-state index is 8.93. The van der Waals surface area contributed by atoms with Crippen molar-refractivity contribution in [2.75, 3.05) is 13.2 Å². The third kappa shape index (κ3) is 226. The molecule has 2 nitrogen and oxygen atoms in total. The number of rotatable bonds is 0. The van der Waals surface area contributed by atoms with Gasteiger partial charge in [-0.3, -0.25) is 0 Å². The summed E-state index contributed by atoms with van der Waals surface area (Å²) in [5.41, 5.74) is 0. The largest absolute Gasteiger partial charge is 2.00 e. The van der Waals surface area contributed by atoms with E-state index in [0.717, 1.165) is 0 Å². The van der Waals surface area contributed by atoms with Crippen molar-refractivity contribution in [1.82, 2.24) is 0 Å². The summed E-state index contributed by atoms with van der Waals surface area (Å²) >= 11 is 0. The molecule has 0 aromatic heterocycles. The van der Waals surface area contributed by atoms with Gasteiger partial charge in [-0.05, 0) is 0 Å². The molecular weight excluding hydrogens is 192 g/mol. The molecule has 0 rings (SSSR count). The van der Waals surface area contributed by atoms with E-state index < -0.39 is 0 Å². The van der Waals surface area contributed by atoms with E-state index in [-0.39, 0.29) is 40.5 Å². The van der Waals surface area contributed by atoms with Gasteiger partial charge in [0.05, 0.1) is 0 Å². The fraction of sp³-hybridized carbons (Fsp3) is 1.00. The molecule has 0 N–H and O–H groups in total. The summed E-state index contributed by atoms with van der Waals surface area (Å²) in [6, 6.07) is 0. The second-order valence-electron chi connectivity index (χ2n) is 0.577. The summed E-state index contributed by atoms with van der Waals surface area (Å²) in [4.78, 5) is 0. The first-order chi connectivity index (χ1) is 2.83. The third-order valence-electron chi connectivity index (χ3n) is 0. The minimum Gasteiger partial charge on any atom is -0.855 e. The molecule has 0 saturated heterocycles. The Kier molecular flexibility index (Phi) is 64.7. The maximum absolute atomic E-state index is 8.93. The standard InChI is InChI=1S/2C2H5O.Cd/c2*1-2-3;/h2*2H2,1H3;/q2*-1;+2. The van der Waals surface area contributed by atoms with E-state index in [9.17, 15) is 0 Å². The number of hydrogen-bond donors (Lipinski definition) is 0. The van der Waals surface area contributed by atoms with Crippen molar-refractivity contribution in [2.24, 2.45) is 0 Å². The number of hydrogen-bond acceptors (Lipinski definition) is 2.